The molecule has 2 aromatic rings. The maximum absolute atomic E-state index is 10.8. The number of aryl methyl sites for hydroxylation is 2. The molecule has 1 aromatic heterocycles. The zero-order valence-electron chi connectivity index (χ0n) is 10.9. The Bertz CT molecular complexity index is 588. The van der Waals surface area contributed by atoms with Gasteiger partial charge in [-0.05, 0) is 54.8 Å². The third-order valence-corrected chi connectivity index (χ3v) is 2.64. The minimum Gasteiger partial charge on any atom is -0.489 e. The van der Waals surface area contributed by atoms with Crippen molar-refractivity contribution in [3.63, 3.8) is 0 Å². The minimum absolute atomic E-state index is 0.0292. The van der Waals surface area contributed by atoms with Crippen molar-refractivity contribution in [1.82, 2.24) is 4.98 Å². The Kier molecular flexibility index (Phi) is 3.80. The Labute approximate surface area is 111 Å². The van der Waals surface area contributed by atoms with Crippen LogP contribution in [0.4, 0.5) is 0 Å². The van der Waals surface area contributed by atoms with Gasteiger partial charge in [-0.3, -0.25) is 0 Å². The molecule has 0 aliphatic heterocycles. The van der Waals surface area contributed by atoms with E-state index in [1.807, 2.05) is 26.0 Å². The lowest BCUT2D eigenvalue weighted by Gasteiger charge is -2.08. The number of carboxylic acids is 1. The summed E-state index contributed by atoms with van der Waals surface area (Å²) in [5.74, 6) is -0.251. The van der Waals surface area contributed by atoms with Gasteiger partial charge in [0.1, 0.15) is 18.1 Å². The number of hydrogen-bond acceptors (Lipinski definition) is 3. The number of nitrogens with zero attached hydrogens (tertiary/aromatic N) is 1. The highest BCUT2D eigenvalue weighted by atomic mass is 16.5. The summed E-state index contributed by atoms with van der Waals surface area (Å²) in [7, 11) is 0. The zero-order valence-corrected chi connectivity index (χ0v) is 10.9. The number of aromatic carboxylic acids is 1. The Morgan fingerprint density at radius 3 is 2.53 bits per heavy atom. The van der Waals surface area contributed by atoms with Gasteiger partial charge in [0.2, 0.25) is 0 Å². The summed E-state index contributed by atoms with van der Waals surface area (Å²) in [5.41, 5.74) is 3.08. The molecule has 4 nitrogen and oxygen atoms in total. The molecule has 0 aliphatic rings. The minimum atomic E-state index is -1.03. The molecule has 0 fully saturated rings. The second-order valence-corrected chi connectivity index (χ2v) is 4.47. The summed E-state index contributed by atoms with van der Waals surface area (Å²) < 4.78 is 5.67. The number of ether oxygens (including phenoxy) is 1. The van der Waals surface area contributed by atoms with Crippen LogP contribution in [-0.4, -0.2) is 16.1 Å². The second-order valence-electron chi connectivity index (χ2n) is 4.47. The Hall–Kier alpha value is -2.36. The molecule has 0 saturated heterocycles. The van der Waals surface area contributed by atoms with E-state index in [0.29, 0.717) is 6.61 Å². The van der Waals surface area contributed by atoms with Gasteiger partial charge in [-0.25, -0.2) is 9.78 Å². The molecule has 0 atom stereocenters. The van der Waals surface area contributed by atoms with Crippen LogP contribution in [0.15, 0.2) is 36.5 Å². The highest BCUT2D eigenvalue weighted by Crippen LogP contribution is 2.17. The first-order chi connectivity index (χ1) is 9.04. The van der Waals surface area contributed by atoms with Crippen LogP contribution < -0.4 is 4.74 Å². The van der Waals surface area contributed by atoms with Crippen LogP contribution in [0.2, 0.25) is 0 Å². The number of carboxylic acid groups (broad SMARTS) is 1. The highest BCUT2D eigenvalue weighted by Gasteiger charge is 2.05. The van der Waals surface area contributed by atoms with E-state index in [9.17, 15) is 4.79 Å². The number of carbonyl (C=O) groups is 1. The Morgan fingerprint density at radius 2 is 1.89 bits per heavy atom. The molecule has 19 heavy (non-hydrogen) atoms. The molecule has 0 saturated carbocycles. The van der Waals surface area contributed by atoms with Crippen LogP contribution in [0.5, 0.6) is 5.75 Å². The van der Waals surface area contributed by atoms with E-state index < -0.39 is 5.97 Å². The van der Waals surface area contributed by atoms with Crippen LogP contribution in [-0.2, 0) is 6.61 Å². The zero-order chi connectivity index (χ0) is 13.8. The van der Waals surface area contributed by atoms with Gasteiger partial charge in [-0.2, -0.15) is 0 Å². The molecule has 0 bridgehead atoms. The van der Waals surface area contributed by atoms with Crippen molar-refractivity contribution in [1.29, 1.82) is 0 Å². The lowest BCUT2D eigenvalue weighted by molar-refractivity contribution is 0.0690. The first-order valence-electron chi connectivity index (χ1n) is 5.94. The van der Waals surface area contributed by atoms with E-state index in [0.717, 1.165) is 22.4 Å². The molecular formula is C15H15NO3. The molecule has 0 spiro atoms. The molecule has 4 heteroatoms. The van der Waals surface area contributed by atoms with Crippen molar-refractivity contribution in [3.05, 3.63) is 58.9 Å². The van der Waals surface area contributed by atoms with Gasteiger partial charge < -0.3 is 9.84 Å². The second kappa shape index (κ2) is 5.52. The fourth-order valence-corrected chi connectivity index (χ4v) is 1.86. The fraction of sp³-hybridized carbons (Fsp3) is 0.200. The molecule has 1 heterocycles. The summed E-state index contributed by atoms with van der Waals surface area (Å²) >= 11 is 0. The molecule has 0 amide bonds. The van der Waals surface area contributed by atoms with Crippen LogP contribution in [0, 0.1) is 13.8 Å². The van der Waals surface area contributed by atoms with Crippen molar-refractivity contribution in [2.45, 2.75) is 20.5 Å². The maximum Gasteiger partial charge on any atom is 0.354 e. The van der Waals surface area contributed by atoms with Crippen LogP contribution in [0.1, 0.15) is 27.2 Å². The van der Waals surface area contributed by atoms with Crippen molar-refractivity contribution < 1.29 is 14.6 Å². The monoisotopic (exact) mass is 257 g/mol. The topological polar surface area (TPSA) is 59.4 Å². The number of aromatic nitrogens is 1. The van der Waals surface area contributed by atoms with Gasteiger partial charge in [-0.1, -0.05) is 6.07 Å². The fourth-order valence-electron chi connectivity index (χ4n) is 1.86. The summed E-state index contributed by atoms with van der Waals surface area (Å²) in [6.45, 7) is 4.34. The van der Waals surface area contributed by atoms with Gasteiger partial charge in [0.25, 0.3) is 0 Å². The Morgan fingerprint density at radius 1 is 1.21 bits per heavy atom. The summed E-state index contributed by atoms with van der Waals surface area (Å²) in [6.07, 6.45) is 1.48. The first kappa shape index (κ1) is 13.1. The standard InChI is InChI=1S/C15H15NO3/c1-10-5-11(2)7-13(6-10)19-9-12-3-4-16-14(8-12)15(17)18/h3-8H,9H2,1-2H3,(H,17,18). The highest BCUT2D eigenvalue weighted by molar-refractivity contribution is 5.85. The molecule has 0 radical (unpaired) electrons. The molecule has 98 valence electrons. The molecule has 1 N–H and O–H groups in total. The van der Waals surface area contributed by atoms with E-state index in [-0.39, 0.29) is 5.69 Å². The van der Waals surface area contributed by atoms with Crippen LogP contribution >= 0.6 is 0 Å². The smallest absolute Gasteiger partial charge is 0.354 e. The molecule has 0 aliphatic carbocycles. The van der Waals surface area contributed by atoms with Crippen molar-refractivity contribution in [2.75, 3.05) is 0 Å². The van der Waals surface area contributed by atoms with E-state index >= 15 is 0 Å². The molecule has 1 aromatic carbocycles. The maximum atomic E-state index is 10.8. The van der Waals surface area contributed by atoms with Gasteiger partial charge in [0.05, 0.1) is 0 Å². The third kappa shape index (κ3) is 3.55. The molecule has 0 unspecified atom stereocenters. The lowest BCUT2D eigenvalue weighted by atomic mass is 10.1. The number of benzene rings is 1. The van der Waals surface area contributed by atoms with Gasteiger partial charge >= 0.3 is 5.97 Å². The van der Waals surface area contributed by atoms with E-state index in [2.05, 4.69) is 11.1 Å². The normalized spacial score (nSPS) is 10.2. The predicted molar refractivity (Wildman–Crippen MR) is 71.4 cm³/mol. The van der Waals surface area contributed by atoms with Crippen molar-refractivity contribution in [3.8, 4) is 5.75 Å². The van der Waals surface area contributed by atoms with Gasteiger partial charge in [-0.15, -0.1) is 0 Å². The SMILES string of the molecule is Cc1cc(C)cc(OCc2ccnc(C(=O)O)c2)c1. The number of pyridine rings is 1. The molecule has 2 rings (SSSR count). The summed E-state index contributed by atoms with van der Waals surface area (Å²) in [4.78, 5) is 14.6. The number of rotatable bonds is 4. The Balaban J connectivity index is 2.10. The first-order valence-corrected chi connectivity index (χ1v) is 5.94. The van der Waals surface area contributed by atoms with E-state index in [1.165, 1.54) is 12.3 Å². The van der Waals surface area contributed by atoms with Gasteiger partial charge in [0, 0.05) is 6.20 Å². The lowest BCUT2D eigenvalue weighted by Crippen LogP contribution is -2.03. The van der Waals surface area contributed by atoms with Crippen molar-refractivity contribution >= 4 is 5.97 Å². The van der Waals surface area contributed by atoms with E-state index in [4.69, 9.17) is 9.84 Å². The van der Waals surface area contributed by atoms with Crippen LogP contribution in [0.25, 0.3) is 0 Å². The number of hydrogen-bond donors (Lipinski definition) is 1. The quantitative estimate of drug-likeness (QED) is 0.914. The average molecular weight is 257 g/mol. The molecular weight excluding hydrogens is 242 g/mol. The predicted octanol–water partition coefficient (Wildman–Crippen LogP) is 2.98. The largest absolute Gasteiger partial charge is 0.489 e. The van der Waals surface area contributed by atoms with Crippen LogP contribution in [0.3, 0.4) is 0 Å². The summed E-state index contributed by atoms with van der Waals surface area (Å²) in [5, 5.41) is 8.86. The third-order valence-electron chi connectivity index (χ3n) is 2.64. The van der Waals surface area contributed by atoms with Gasteiger partial charge in [0.15, 0.2) is 0 Å². The van der Waals surface area contributed by atoms with E-state index in [1.54, 1.807) is 6.07 Å². The average Bonchev–Trinajstić information content (AvgIpc) is 2.35. The van der Waals surface area contributed by atoms with Crippen molar-refractivity contribution in [2.24, 2.45) is 0 Å². The summed E-state index contributed by atoms with van der Waals surface area (Å²) in [6, 6.07) is 9.24.